The molecule has 0 bridgehead atoms. The zero-order valence-electron chi connectivity index (χ0n) is 13.5. The van der Waals surface area contributed by atoms with Gasteiger partial charge in [-0.1, -0.05) is 29.6 Å². The van der Waals surface area contributed by atoms with Crippen molar-refractivity contribution in [2.45, 2.75) is 44.9 Å². The largest absolute Gasteiger partial charge is 0.339 e. The number of urea groups is 1. The van der Waals surface area contributed by atoms with Crippen molar-refractivity contribution in [3.63, 3.8) is 0 Å². The van der Waals surface area contributed by atoms with Crippen LogP contribution in [0.1, 0.15) is 49.0 Å². The van der Waals surface area contributed by atoms with E-state index >= 15 is 0 Å². The molecule has 0 spiro atoms. The van der Waals surface area contributed by atoms with Gasteiger partial charge in [-0.05, 0) is 31.9 Å². The number of nitrogens with zero attached hydrogens (tertiary/aromatic N) is 3. The maximum Gasteiger partial charge on any atom is 0.319 e. The number of halogens is 1. The Morgan fingerprint density at radius 3 is 2.88 bits per heavy atom. The maximum atomic E-state index is 11.9. The van der Waals surface area contributed by atoms with Gasteiger partial charge in [0.25, 0.3) is 0 Å². The highest BCUT2D eigenvalue weighted by Gasteiger charge is 2.22. The summed E-state index contributed by atoms with van der Waals surface area (Å²) >= 11 is 5.79. The van der Waals surface area contributed by atoms with Gasteiger partial charge in [-0.25, -0.2) is 9.78 Å². The third-order valence-electron chi connectivity index (χ3n) is 4.12. The molecule has 8 heteroatoms. The summed E-state index contributed by atoms with van der Waals surface area (Å²) in [5, 5.41) is 9.89. The fourth-order valence-corrected chi connectivity index (χ4v) is 3.01. The molecule has 2 amide bonds. The van der Waals surface area contributed by atoms with Crippen LogP contribution in [-0.4, -0.2) is 27.7 Å². The van der Waals surface area contributed by atoms with Gasteiger partial charge in [0.05, 0.1) is 11.4 Å². The second kappa shape index (κ2) is 7.61. The standard InChI is InChI=1S/C16H20ClN5O2/c1-10-12(6-7-13(17)19-10)20-16(23)18-9-8-14-21-15(24-22-14)11-4-2-3-5-11/h6-7,11H,2-5,8-9H2,1H3,(H2,18,20,23). The summed E-state index contributed by atoms with van der Waals surface area (Å²) in [5.41, 5.74) is 1.29. The molecule has 2 heterocycles. The molecule has 0 aromatic carbocycles. The second-order valence-electron chi connectivity index (χ2n) is 5.93. The molecule has 0 saturated heterocycles. The van der Waals surface area contributed by atoms with Gasteiger partial charge in [0.1, 0.15) is 5.15 Å². The lowest BCUT2D eigenvalue weighted by Crippen LogP contribution is -2.31. The zero-order valence-corrected chi connectivity index (χ0v) is 14.3. The molecule has 1 saturated carbocycles. The van der Waals surface area contributed by atoms with E-state index in [4.69, 9.17) is 16.1 Å². The Morgan fingerprint density at radius 2 is 2.12 bits per heavy atom. The quantitative estimate of drug-likeness (QED) is 0.806. The van der Waals surface area contributed by atoms with E-state index in [9.17, 15) is 4.79 Å². The number of carbonyl (C=O) groups is 1. The summed E-state index contributed by atoms with van der Waals surface area (Å²) in [5.74, 6) is 1.76. The lowest BCUT2D eigenvalue weighted by molar-refractivity contribution is 0.252. The number of nitrogens with one attached hydrogen (secondary N) is 2. The van der Waals surface area contributed by atoms with Crippen LogP contribution in [-0.2, 0) is 6.42 Å². The maximum absolute atomic E-state index is 11.9. The molecule has 1 aliphatic carbocycles. The van der Waals surface area contributed by atoms with Gasteiger partial charge >= 0.3 is 6.03 Å². The third kappa shape index (κ3) is 4.23. The summed E-state index contributed by atoms with van der Waals surface area (Å²) in [6.45, 7) is 2.21. The second-order valence-corrected chi connectivity index (χ2v) is 6.32. The molecule has 2 aromatic heterocycles. The number of pyridine rings is 1. The van der Waals surface area contributed by atoms with Crippen LogP contribution in [0.4, 0.5) is 10.5 Å². The van der Waals surface area contributed by atoms with E-state index < -0.39 is 0 Å². The Labute approximate surface area is 145 Å². The minimum atomic E-state index is -0.304. The Kier molecular flexibility index (Phi) is 5.30. The lowest BCUT2D eigenvalue weighted by atomic mass is 10.1. The first-order valence-electron chi connectivity index (χ1n) is 8.12. The normalized spacial score (nSPS) is 14.8. The number of hydrogen-bond donors (Lipinski definition) is 2. The summed E-state index contributed by atoms with van der Waals surface area (Å²) in [6, 6.07) is 3.05. The van der Waals surface area contributed by atoms with Crippen molar-refractivity contribution < 1.29 is 9.32 Å². The topological polar surface area (TPSA) is 92.9 Å². The van der Waals surface area contributed by atoms with Crippen LogP contribution in [0.2, 0.25) is 5.15 Å². The Balaban J connectivity index is 1.45. The number of rotatable bonds is 5. The van der Waals surface area contributed by atoms with Crippen molar-refractivity contribution in [3.8, 4) is 0 Å². The fraction of sp³-hybridized carbons (Fsp3) is 0.500. The third-order valence-corrected chi connectivity index (χ3v) is 4.33. The number of hydrogen-bond acceptors (Lipinski definition) is 5. The molecule has 1 fully saturated rings. The van der Waals surface area contributed by atoms with Crippen LogP contribution in [0.5, 0.6) is 0 Å². The van der Waals surface area contributed by atoms with Gasteiger partial charge in [0.2, 0.25) is 5.89 Å². The molecule has 2 aromatic rings. The molecular formula is C16H20ClN5O2. The van der Waals surface area contributed by atoms with Gasteiger partial charge < -0.3 is 15.2 Å². The first-order chi connectivity index (χ1) is 11.6. The van der Waals surface area contributed by atoms with Crippen LogP contribution in [0.3, 0.4) is 0 Å². The Morgan fingerprint density at radius 1 is 1.33 bits per heavy atom. The van der Waals surface area contributed by atoms with Gasteiger partial charge in [0, 0.05) is 18.9 Å². The zero-order chi connectivity index (χ0) is 16.9. The molecule has 0 unspecified atom stereocenters. The van der Waals surface area contributed by atoms with Crippen LogP contribution < -0.4 is 10.6 Å². The molecule has 1 aliphatic rings. The Hall–Kier alpha value is -2.15. The van der Waals surface area contributed by atoms with E-state index in [1.165, 1.54) is 12.8 Å². The number of aryl methyl sites for hydroxylation is 1. The molecule has 24 heavy (non-hydrogen) atoms. The predicted molar refractivity (Wildman–Crippen MR) is 90.2 cm³/mol. The van der Waals surface area contributed by atoms with Crippen molar-refractivity contribution in [1.29, 1.82) is 0 Å². The van der Waals surface area contributed by atoms with Crippen LogP contribution in [0, 0.1) is 6.92 Å². The summed E-state index contributed by atoms with van der Waals surface area (Å²) in [4.78, 5) is 20.4. The molecular weight excluding hydrogens is 330 g/mol. The van der Waals surface area contributed by atoms with Gasteiger partial charge in [0.15, 0.2) is 5.82 Å². The van der Waals surface area contributed by atoms with Crippen molar-refractivity contribution in [2.75, 3.05) is 11.9 Å². The predicted octanol–water partition coefficient (Wildman–Crippen LogP) is 3.45. The highest BCUT2D eigenvalue weighted by atomic mass is 35.5. The molecule has 128 valence electrons. The van der Waals surface area contributed by atoms with E-state index in [2.05, 4.69) is 25.8 Å². The molecule has 0 radical (unpaired) electrons. The Bertz CT molecular complexity index is 712. The minimum Gasteiger partial charge on any atom is -0.339 e. The molecule has 0 atom stereocenters. The first-order valence-corrected chi connectivity index (χ1v) is 8.50. The smallest absolute Gasteiger partial charge is 0.319 e. The minimum absolute atomic E-state index is 0.304. The van der Waals surface area contributed by atoms with Crippen molar-refractivity contribution >= 4 is 23.3 Å². The first kappa shape index (κ1) is 16.7. The van der Waals surface area contributed by atoms with E-state index in [-0.39, 0.29) is 6.03 Å². The van der Waals surface area contributed by atoms with E-state index in [1.54, 1.807) is 19.1 Å². The summed E-state index contributed by atoms with van der Waals surface area (Å²) in [7, 11) is 0. The summed E-state index contributed by atoms with van der Waals surface area (Å²) in [6.07, 6.45) is 5.22. The number of anilines is 1. The average Bonchev–Trinajstić information content (AvgIpc) is 3.21. The van der Waals surface area contributed by atoms with E-state index in [0.29, 0.717) is 41.2 Å². The van der Waals surface area contributed by atoms with E-state index in [1.807, 2.05) is 0 Å². The number of aromatic nitrogens is 3. The van der Waals surface area contributed by atoms with Gasteiger partial charge in [-0.2, -0.15) is 4.98 Å². The molecule has 7 nitrogen and oxygen atoms in total. The van der Waals surface area contributed by atoms with Crippen molar-refractivity contribution in [3.05, 3.63) is 34.7 Å². The summed E-state index contributed by atoms with van der Waals surface area (Å²) < 4.78 is 5.32. The van der Waals surface area contributed by atoms with Crippen LogP contribution in [0.15, 0.2) is 16.7 Å². The van der Waals surface area contributed by atoms with Crippen LogP contribution >= 0.6 is 11.6 Å². The monoisotopic (exact) mass is 349 g/mol. The van der Waals surface area contributed by atoms with Gasteiger partial charge in [-0.15, -0.1) is 0 Å². The number of carbonyl (C=O) groups excluding carboxylic acids is 1. The molecule has 0 aliphatic heterocycles. The van der Waals surface area contributed by atoms with Crippen molar-refractivity contribution in [2.24, 2.45) is 0 Å². The van der Waals surface area contributed by atoms with Crippen molar-refractivity contribution in [1.82, 2.24) is 20.4 Å². The molecule has 2 N–H and O–H groups in total. The average molecular weight is 350 g/mol. The SMILES string of the molecule is Cc1nc(Cl)ccc1NC(=O)NCCc1noc(C2CCCC2)n1. The van der Waals surface area contributed by atoms with Gasteiger partial charge in [-0.3, -0.25) is 0 Å². The lowest BCUT2D eigenvalue weighted by Gasteiger charge is -2.08. The highest BCUT2D eigenvalue weighted by molar-refractivity contribution is 6.29. The molecule has 3 rings (SSSR count). The van der Waals surface area contributed by atoms with E-state index in [0.717, 1.165) is 18.7 Å². The fourth-order valence-electron chi connectivity index (χ4n) is 2.82. The van der Waals surface area contributed by atoms with Crippen LogP contribution in [0.25, 0.3) is 0 Å². The number of amides is 2. The highest BCUT2D eigenvalue weighted by Crippen LogP contribution is 2.32.